The Hall–Kier alpha value is -1.06. The molecule has 1 aromatic carbocycles. The van der Waals surface area contributed by atoms with Crippen LogP contribution in [0.3, 0.4) is 0 Å². The van der Waals surface area contributed by atoms with E-state index in [1.165, 1.54) is 12.8 Å². The van der Waals surface area contributed by atoms with E-state index < -0.39 is 0 Å². The van der Waals surface area contributed by atoms with Gasteiger partial charge in [-0.2, -0.15) is 0 Å². The van der Waals surface area contributed by atoms with E-state index in [0.717, 1.165) is 5.56 Å². The topological polar surface area (TPSA) is 41.1 Å². The summed E-state index contributed by atoms with van der Waals surface area (Å²) in [6.07, 6.45) is 2.36. The van der Waals surface area contributed by atoms with Crippen LogP contribution in [0, 0.1) is 6.92 Å². The van der Waals surface area contributed by atoms with Gasteiger partial charge in [0, 0.05) is 6.04 Å². The van der Waals surface area contributed by atoms with Gasteiger partial charge in [0.25, 0.3) is 0 Å². The molecule has 1 aromatic rings. The SMILES string of the molecule is Cc1ccc(NC(=O)CNC2CC2)c(Cl)c1. The molecule has 0 radical (unpaired) electrons. The molecule has 86 valence electrons. The maximum atomic E-state index is 11.5. The van der Waals surface area contributed by atoms with Gasteiger partial charge in [-0.25, -0.2) is 0 Å². The van der Waals surface area contributed by atoms with Crippen molar-refractivity contribution in [1.29, 1.82) is 0 Å². The molecular weight excluding hydrogens is 224 g/mol. The zero-order valence-electron chi connectivity index (χ0n) is 9.22. The van der Waals surface area contributed by atoms with E-state index in [1.54, 1.807) is 0 Å². The second kappa shape index (κ2) is 4.85. The normalized spacial score (nSPS) is 14.9. The molecule has 0 spiro atoms. The van der Waals surface area contributed by atoms with Crippen molar-refractivity contribution in [2.45, 2.75) is 25.8 Å². The smallest absolute Gasteiger partial charge is 0.238 e. The molecule has 0 atom stereocenters. The molecule has 2 N–H and O–H groups in total. The Labute approximate surface area is 100 Å². The number of benzene rings is 1. The Balaban J connectivity index is 1.89. The summed E-state index contributed by atoms with van der Waals surface area (Å²) >= 11 is 6.01. The number of hydrogen-bond acceptors (Lipinski definition) is 2. The van der Waals surface area contributed by atoms with Crippen molar-refractivity contribution < 1.29 is 4.79 Å². The Morgan fingerprint density at radius 3 is 2.88 bits per heavy atom. The lowest BCUT2D eigenvalue weighted by molar-refractivity contribution is -0.115. The number of carbonyl (C=O) groups excluding carboxylic acids is 1. The summed E-state index contributed by atoms with van der Waals surface area (Å²) in [5.41, 5.74) is 1.76. The fourth-order valence-corrected chi connectivity index (χ4v) is 1.72. The van der Waals surface area contributed by atoms with Crippen LogP contribution in [0.4, 0.5) is 5.69 Å². The zero-order valence-corrected chi connectivity index (χ0v) is 9.97. The van der Waals surface area contributed by atoms with Gasteiger partial charge in [0.05, 0.1) is 17.3 Å². The molecule has 16 heavy (non-hydrogen) atoms. The summed E-state index contributed by atoms with van der Waals surface area (Å²) in [4.78, 5) is 11.5. The van der Waals surface area contributed by atoms with Crippen LogP contribution in [-0.2, 0) is 4.79 Å². The maximum Gasteiger partial charge on any atom is 0.238 e. The third-order valence-electron chi connectivity index (χ3n) is 2.53. The minimum Gasteiger partial charge on any atom is -0.324 e. The standard InChI is InChI=1S/C12H15ClN2O/c1-8-2-5-11(10(13)6-8)15-12(16)7-14-9-3-4-9/h2,5-6,9,14H,3-4,7H2,1H3,(H,15,16). The molecule has 1 fully saturated rings. The molecule has 0 aliphatic heterocycles. The Bertz CT molecular complexity index is 402. The minimum atomic E-state index is -0.0438. The zero-order chi connectivity index (χ0) is 11.5. The second-order valence-electron chi connectivity index (χ2n) is 4.19. The first kappa shape index (κ1) is 11.4. The summed E-state index contributed by atoms with van der Waals surface area (Å²) < 4.78 is 0. The largest absolute Gasteiger partial charge is 0.324 e. The van der Waals surface area contributed by atoms with E-state index in [9.17, 15) is 4.79 Å². The first-order valence-corrected chi connectivity index (χ1v) is 5.82. The second-order valence-corrected chi connectivity index (χ2v) is 4.59. The van der Waals surface area contributed by atoms with Crippen LogP contribution in [0.25, 0.3) is 0 Å². The minimum absolute atomic E-state index is 0.0438. The number of hydrogen-bond donors (Lipinski definition) is 2. The summed E-state index contributed by atoms with van der Waals surface area (Å²) in [5, 5.41) is 6.52. The van der Waals surface area contributed by atoms with Gasteiger partial charge in [-0.15, -0.1) is 0 Å². The van der Waals surface area contributed by atoms with E-state index in [0.29, 0.717) is 23.3 Å². The monoisotopic (exact) mass is 238 g/mol. The number of amides is 1. The number of rotatable bonds is 4. The molecule has 0 saturated heterocycles. The number of nitrogens with one attached hydrogen (secondary N) is 2. The van der Waals surface area contributed by atoms with Crippen LogP contribution in [0.1, 0.15) is 18.4 Å². The molecular formula is C12H15ClN2O. The van der Waals surface area contributed by atoms with Gasteiger partial charge < -0.3 is 10.6 Å². The fourth-order valence-electron chi connectivity index (χ4n) is 1.44. The molecule has 4 heteroatoms. The lowest BCUT2D eigenvalue weighted by atomic mass is 10.2. The molecule has 0 bridgehead atoms. The molecule has 1 aliphatic rings. The fraction of sp³-hybridized carbons (Fsp3) is 0.417. The number of aryl methyl sites for hydroxylation is 1. The lowest BCUT2D eigenvalue weighted by Crippen LogP contribution is -2.29. The number of carbonyl (C=O) groups is 1. The molecule has 0 unspecified atom stereocenters. The van der Waals surface area contributed by atoms with Gasteiger partial charge >= 0.3 is 0 Å². The van der Waals surface area contributed by atoms with Crippen molar-refractivity contribution >= 4 is 23.2 Å². The van der Waals surface area contributed by atoms with Crippen LogP contribution in [-0.4, -0.2) is 18.5 Å². The van der Waals surface area contributed by atoms with Crippen LogP contribution >= 0.6 is 11.6 Å². The first-order chi connectivity index (χ1) is 7.65. The van der Waals surface area contributed by atoms with Crippen molar-refractivity contribution in [2.24, 2.45) is 0 Å². The predicted octanol–water partition coefficient (Wildman–Crippen LogP) is 2.34. The Morgan fingerprint density at radius 2 is 2.25 bits per heavy atom. The van der Waals surface area contributed by atoms with Crippen molar-refractivity contribution in [1.82, 2.24) is 5.32 Å². The van der Waals surface area contributed by atoms with Crippen LogP contribution in [0.5, 0.6) is 0 Å². The van der Waals surface area contributed by atoms with Gasteiger partial charge in [0.2, 0.25) is 5.91 Å². The highest BCUT2D eigenvalue weighted by Gasteiger charge is 2.21. The Kier molecular flexibility index (Phi) is 3.46. The van der Waals surface area contributed by atoms with E-state index in [-0.39, 0.29) is 5.91 Å². The summed E-state index contributed by atoms with van der Waals surface area (Å²) in [7, 11) is 0. The molecule has 2 rings (SSSR count). The number of halogens is 1. The molecule has 3 nitrogen and oxygen atoms in total. The quantitative estimate of drug-likeness (QED) is 0.846. The van der Waals surface area contributed by atoms with E-state index in [4.69, 9.17) is 11.6 Å². The van der Waals surface area contributed by atoms with Gasteiger partial charge in [0.15, 0.2) is 0 Å². The average molecular weight is 239 g/mol. The van der Waals surface area contributed by atoms with E-state index in [1.807, 2.05) is 25.1 Å². The first-order valence-electron chi connectivity index (χ1n) is 5.44. The van der Waals surface area contributed by atoms with Gasteiger partial charge in [-0.3, -0.25) is 4.79 Å². The Morgan fingerprint density at radius 1 is 1.50 bits per heavy atom. The highest BCUT2D eigenvalue weighted by molar-refractivity contribution is 6.33. The molecule has 1 saturated carbocycles. The van der Waals surface area contributed by atoms with Crippen molar-refractivity contribution in [3.8, 4) is 0 Å². The van der Waals surface area contributed by atoms with Gasteiger partial charge in [0.1, 0.15) is 0 Å². The van der Waals surface area contributed by atoms with Crippen LogP contribution < -0.4 is 10.6 Å². The van der Waals surface area contributed by atoms with Crippen molar-refractivity contribution in [2.75, 3.05) is 11.9 Å². The predicted molar refractivity (Wildman–Crippen MR) is 65.8 cm³/mol. The maximum absolute atomic E-state index is 11.5. The summed E-state index contributed by atoms with van der Waals surface area (Å²) in [6, 6.07) is 6.13. The average Bonchev–Trinajstić information content (AvgIpc) is 3.03. The highest BCUT2D eigenvalue weighted by Crippen LogP contribution is 2.22. The highest BCUT2D eigenvalue weighted by atomic mass is 35.5. The third-order valence-corrected chi connectivity index (χ3v) is 2.84. The summed E-state index contributed by atoms with van der Waals surface area (Å²) in [5.74, 6) is -0.0438. The van der Waals surface area contributed by atoms with Crippen LogP contribution in [0.15, 0.2) is 18.2 Å². The van der Waals surface area contributed by atoms with Crippen molar-refractivity contribution in [3.63, 3.8) is 0 Å². The lowest BCUT2D eigenvalue weighted by Gasteiger charge is -2.08. The molecule has 0 aromatic heterocycles. The van der Waals surface area contributed by atoms with Gasteiger partial charge in [-0.1, -0.05) is 17.7 Å². The molecule has 1 aliphatic carbocycles. The van der Waals surface area contributed by atoms with Gasteiger partial charge in [-0.05, 0) is 37.5 Å². The molecule has 1 amide bonds. The summed E-state index contributed by atoms with van der Waals surface area (Å²) in [6.45, 7) is 2.32. The van der Waals surface area contributed by atoms with Crippen LogP contribution in [0.2, 0.25) is 5.02 Å². The van der Waals surface area contributed by atoms with E-state index >= 15 is 0 Å². The van der Waals surface area contributed by atoms with Crippen molar-refractivity contribution in [3.05, 3.63) is 28.8 Å². The number of anilines is 1. The molecule has 0 heterocycles. The van der Waals surface area contributed by atoms with E-state index in [2.05, 4.69) is 10.6 Å². The third kappa shape index (κ3) is 3.22.